The van der Waals surface area contributed by atoms with E-state index >= 15 is 0 Å². The van der Waals surface area contributed by atoms with Crippen molar-refractivity contribution in [2.75, 3.05) is 19.5 Å². The number of hydrogen-bond donors (Lipinski definition) is 0. The summed E-state index contributed by atoms with van der Waals surface area (Å²) in [5.74, 6) is -1.07. The maximum atomic E-state index is 11.8. The number of hydrogen-bond acceptors (Lipinski definition) is 5. The van der Waals surface area contributed by atoms with Crippen LogP contribution in [0.1, 0.15) is 27.2 Å². The lowest BCUT2D eigenvalue weighted by Gasteiger charge is -2.24. The first kappa shape index (κ1) is 16.9. The lowest BCUT2D eigenvalue weighted by molar-refractivity contribution is -0.146. The molecule has 0 N–H and O–H groups in total. The molecule has 0 bridgehead atoms. The van der Waals surface area contributed by atoms with E-state index in [1.54, 1.807) is 0 Å². The van der Waals surface area contributed by atoms with Gasteiger partial charge >= 0.3 is 5.97 Å². The Bertz CT molecular complexity index is 508. The van der Waals surface area contributed by atoms with E-state index in [1.165, 1.54) is 5.57 Å². The normalized spacial score (nSPS) is 19.6. The Labute approximate surface area is 120 Å². The topological polar surface area (TPSA) is 69.7 Å². The molecule has 0 heterocycles. The van der Waals surface area contributed by atoms with Crippen molar-refractivity contribution in [3.05, 3.63) is 23.8 Å². The highest BCUT2D eigenvalue weighted by molar-refractivity contribution is 7.86. The highest BCUT2D eigenvalue weighted by atomic mass is 32.2. The summed E-state index contributed by atoms with van der Waals surface area (Å²) in [7, 11) is -2.50. The predicted octanol–water partition coefficient (Wildman–Crippen LogP) is 2.05. The van der Waals surface area contributed by atoms with Crippen LogP contribution >= 0.6 is 0 Å². The summed E-state index contributed by atoms with van der Waals surface area (Å²) in [4.78, 5) is 11.8. The summed E-state index contributed by atoms with van der Waals surface area (Å²) in [6, 6.07) is 0. The monoisotopic (exact) mass is 302 g/mol. The molecule has 1 atom stereocenters. The van der Waals surface area contributed by atoms with Gasteiger partial charge in [-0.3, -0.25) is 8.98 Å². The third-order valence-electron chi connectivity index (χ3n) is 3.10. The maximum Gasteiger partial charge on any atom is 0.313 e. The van der Waals surface area contributed by atoms with E-state index in [0.29, 0.717) is 6.42 Å². The van der Waals surface area contributed by atoms with E-state index in [4.69, 9.17) is 4.74 Å². The van der Waals surface area contributed by atoms with Crippen molar-refractivity contribution < 1.29 is 22.1 Å². The summed E-state index contributed by atoms with van der Waals surface area (Å²) >= 11 is 0. The van der Waals surface area contributed by atoms with Gasteiger partial charge in [-0.05, 0) is 17.4 Å². The molecule has 0 aromatic rings. The zero-order valence-corrected chi connectivity index (χ0v) is 13.2. The van der Waals surface area contributed by atoms with Gasteiger partial charge < -0.3 is 4.74 Å². The molecule has 1 rings (SSSR count). The molecule has 0 aliphatic heterocycles. The van der Waals surface area contributed by atoms with Crippen LogP contribution in [0.15, 0.2) is 23.8 Å². The van der Waals surface area contributed by atoms with Gasteiger partial charge in [-0.1, -0.05) is 39.0 Å². The molecule has 1 aliphatic rings. The van der Waals surface area contributed by atoms with Crippen LogP contribution in [-0.4, -0.2) is 33.9 Å². The first-order valence-corrected chi connectivity index (χ1v) is 8.07. The van der Waals surface area contributed by atoms with Crippen molar-refractivity contribution in [1.29, 1.82) is 0 Å². The van der Waals surface area contributed by atoms with Crippen LogP contribution < -0.4 is 0 Å². The minimum Gasteiger partial charge on any atom is -0.464 e. The molecular weight excluding hydrogens is 280 g/mol. The molecule has 0 saturated carbocycles. The Kier molecular flexibility index (Phi) is 5.53. The number of carbonyl (C=O) groups is 1. The number of allylic oxidation sites excluding steroid dienone is 3. The Morgan fingerprint density at radius 1 is 1.40 bits per heavy atom. The van der Waals surface area contributed by atoms with Gasteiger partial charge in [0.15, 0.2) is 0 Å². The SMILES string of the molecule is COS(=O)(=O)CCOC(=O)C1C=CC(C(C)(C)C)=CC1. The molecule has 20 heavy (non-hydrogen) atoms. The van der Waals surface area contributed by atoms with E-state index in [2.05, 4.69) is 25.0 Å². The van der Waals surface area contributed by atoms with Crippen molar-refractivity contribution in [3.8, 4) is 0 Å². The second kappa shape index (κ2) is 6.54. The van der Waals surface area contributed by atoms with Crippen molar-refractivity contribution in [3.63, 3.8) is 0 Å². The molecular formula is C14H22O5S. The van der Waals surface area contributed by atoms with Gasteiger partial charge in [-0.2, -0.15) is 8.42 Å². The lowest BCUT2D eigenvalue weighted by atomic mass is 9.81. The van der Waals surface area contributed by atoms with Crippen molar-refractivity contribution in [1.82, 2.24) is 0 Å². The fraction of sp³-hybridized carbons (Fsp3) is 0.643. The Balaban J connectivity index is 2.45. The molecule has 6 heteroatoms. The number of carbonyl (C=O) groups excluding carboxylic acids is 1. The molecule has 0 saturated heterocycles. The van der Waals surface area contributed by atoms with Crippen LogP contribution in [0.25, 0.3) is 0 Å². The quantitative estimate of drug-likeness (QED) is 0.574. The minimum absolute atomic E-state index is 0.0535. The molecule has 0 fully saturated rings. The standard InChI is InChI=1S/C14H22O5S/c1-14(2,3)12-7-5-11(6-8-12)13(15)19-9-10-20(16,17)18-4/h5,7-8,11H,6,9-10H2,1-4H3. The fourth-order valence-electron chi connectivity index (χ4n) is 1.79. The zero-order chi connectivity index (χ0) is 15.4. The molecule has 1 aliphatic carbocycles. The highest BCUT2D eigenvalue weighted by Crippen LogP contribution is 2.31. The number of esters is 1. The van der Waals surface area contributed by atoms with E-state index in [0.717, 1.165) is 7.11 Å². The second-order valence-corrected chi connectivity index (χ2v) is 7.56. The van der Waals surface area contributed by atoms with E-state index in [-0.39, 0.29) is 23.7 Å². The first-order chi connectivity index (χ1) is 9.15. The smallest absolute Gasteiger partial charge is 0.313 e. The van der Waals surface area contributed by atoms with Crippen LogP contribution in [0.2, 0.25) is 0 Å². The van der Waals surface area contributed by atoms with Crippen LogP contribution in [0.4, 0.5) is 0 Å². The van der Waals surface area contributed by atoms with Gasteiger partial charge in [0.2, 0.25) is 0 Å². The third-order valence-corrected chi connectivity index (χ3v) is 4.27. The number of rotatable bonds is 5. The van der Waals surface area contributed by atoms with Gasteiger partial charge in [0, 0.05) is 0 Å². The number of ether oxygens (including phenoxy) is 1. The van der Waals surface area contributed by atoms with Crippen molar-refractivity contribution in [2.24, 2.45) is 11.3 Å². The highest BCUT2D eigenvalue weighted by Gasteiger charge is 2.23. The van der Waals surface area contributed by atoms with Crippen LogP contribution in [-0.2, 0) is 23.8 Å². The molecule has 0 spiro atoms. The molecule has 0 radical (unpaired) electrons. The van der Waals surface area contributed by atoms with Gasteiger partial charge in [0.1, 0.15) is 12.4 Å². The van der Waals surface area contributed by atoms with Gasteiger partial charge in [-0.25, -0.2) is 0 Å². The molecule has 1 unspecified atom stereocenters. The summed E-state index contributed by atoms with van der Waals surface area (Å²) in [5, 5.41) is 0. The average Bonchev–Trinajstić information content (AvgIpc) is 2.37. The molecule has 0 amide bonds. The van der Waals surface area contributed by atoms with Crippen LogP contribution in [0.5, 0.6) is 0 Å². The van der Waals surface area contributed by atoms with Crippen LogP contribution in [0, 0.1) is 11.3 Å². The minimum atomic E-state index is -3.58. The Morgan fingerprint density at radius 3 is 2.50 bits per heavy atom. The van der Waals surface area contributed by atoms with Crippen molar-refractivity contribution >= 4 is 16.1 Å². The summed E-state index contributed by atoms with van der Waals surface area (Å²) in [6.07, 6.45) is 6.35. The van der Waals surface area contributed by atoms with E-state index in [1.807, 2.05) is 18.2 Å². The average molecular weight is 302 g/mol. The van der Waals surface area contributed by atoms with E-state index in [9.17, 15) is 13.2 Å². The Hall–Kier alpha value is -1.14. The van der Waals surface area contributed by atoms with Gasteiger partial charge in [0.25, 0.3) is 10.1 Å². The van der Waals surface area contributed by atoms with E-state index < -0.39 is 16.1 Å². The molecule has 114 valence electrons. The zero-order valence-electron chi connectivity index (χ0n) is 12.4. The lowest BCUT2D eigenvalue weighted by Crippen LogP contribution is -2.22. The van der Waals surface area contributed by atoms with Gasteiger partial charge in [0.05, 0.1) is 13.0 Å². The predicted molar refractivity (Wildman–Crippen MR) is 76.5 cm³/mol. The second-order valence-electron chi connectivity index (χ2n) is 5.71. The maximum absolute atomic E-state index is 11.8. The molecule has 0 aromatic carbocycles. The summed E-state index contributed by atoms with van der Waals surface area (Å²) in [5.41, 5.74) is 1.24. The fourth-order valence-corrected chi connectivity index (χ4v) is 2.24. The molecule has 5 nitrogen and oxygen atoms in total. The Morgan fingerprint density at radius 2 is 2.05 bits per heavy atom. The largest absolute Gasteiger partial charge is 0.464 e. The third kappa shape index (κ3) is 5.09. The summed E-state index contributed by atoms with van der Waals surface area (Å²) in [6.45, 7) is 6.14. The van der Waals surface area contributed by atoms with Gasteiger partial charge in [-0.15, -0.1) is 0 Å². The van der Waals surface area contributed by atoms with Crippen molar-refractivity contribution in [2.45, 2.75) is 27.2 Å². The molecule has 0 aromatic heterocycles. The first-order valence-electron chi connectivity index (χ1n) is 6.49. The van der Waals surface area contributed by atoms with Crippen LogP contribution in [0.3, 0.4) is 0 Å². The summed E-state index contributed by atoms with van der Waals surface area (Å²) < 4.78 is 31.4.